The molecule has 0 amide bonds. The smallest absolute Gasteiger partial charge is 0.341 e. The minimum Gasteiger partial charge on any atom is -0.493 e. The van der Waals surface area contributed by atoms with Crippen LogP contribution in [0.15, 0.2) is 24.7 Å². The lowest BCUT2D eigenvalue weighted by Gasteiger charge is -2.17. The number of aliphatic carboxylic acids is 1. The second-order valence-corrected chi connectivity index (χ2v) is 8.16. The first kappa shape index (κ1) is 27.0. The number of rotatable bonds is 16. The topological polar surface area (TPSA) is 144 Å². The summed E-state index contributed by atoms with van der Waals surface area (Å²) >= 11 is 0. The Balaban J connectivity index is 1.92. The minimum absolute atomic E-state index is 0.229. The molecule has 0 aliphatic heterocycles. The van der Waals surface area contributed by atoms with Crippen LogP contribution in [-0.4, -0.2) is 87.2 Å². The van der Waals surface area contributed by atoms with Gasteiger partial charge in [0.15, 0.2) is 18.1 Å². The molecule has 36 heavy (non-hydrogen) atoms. The number of nitrogens with one attached hydrogen (secondary N) is 4. The largest absolute Gasteiger partial charge is 0.493 e. The fourth-order valence-electron chi connectivity index (χ4n) is 3.74. The molecule has 0 unspecified atom stereocenters. The molecule has 0 spiro atoms. The maximum absolute atomic E-state index is 11.1. The van der Waals surface area contributed by atoms with Gasteiger partial charge in [0.05, 0.1) is 19.9 Å². The van der Waals surface area contributed by atoms with E-state index in [-0.39, 0.29) is 12.4 Å². The molecule has 12 heteroatoms. The quantitative estimate of drug-likeness (QED) is 0.213. The average molecular weight is 504 g/mol. The number of aromatic amines is 2. The number of hydrogen-bond acceptors (Lipinski definition) is 9. The van der Waals surface area contributed by atoms with Crippen molar-refractivity contribution in [2.24, 2.45) is 0 Å². The Morgan fingerprint density at radius 3 is 2.75 bits per heavy atom. The van der Waals surface area contributed by atoms with Crippen molar-refractivity contribution in [2.75, 3.05) is 66.5 Å². The lowest BCUT2D eigenvalue weighted by Crippen LogP contribution is -2.22. The van der Waals surface area contributed by atoms with E-state index in [0.717, 1.165) is 42.7 Å². The van der Waals surface area contributed by atoms with Crippen LogP contribution in [0.3, 0.4) is 0 Å². The predicted molar refractivity (Wildman–Crippen MR) is 134 cm³/mol. The Bertz CT molecular complexity index is 1140. The third kappa shape index (κ3) is 7.20. The van der Waals surface area contributed by atoms with Crippen LogP contribution in [0.4, 0.5) is 11.5 Å². The van der Waals surface area contributed by atoms with Crippen LogP contribution in [0.5, 0.6) is 17.2 Å². The fourth-order valence-corrected chi connectivity index (χ4v) is 3.74. The van der Waals surface area contributed by atoms with Gasteiger partial charge in [0.2, 0.25) is 23.5 Å². The van der Waals surface area contributed by atoms with Gasteiger partial charge in [-0.3, -0.25) is 4.98 Å². The number of aromatic nitrogens is 3. The molecule has 3 rings (SSSR count). The maximum Gasteiger partial charge on any atom is 0.341 e. The Morgan fingerprint density at radius 1 is 1.22 bits per heavy atom. The highest BCUT2D eigenvalue weighted by molar-refractivity contribution is 5.90. The predicted octanol–water partition coefficient (Wildman–Crippen LogP) is 1.66. The van der Waals surface area contributed by atoms with Gasteiger partial charge in [-0.25, -0.2) is 9.78 Å². The van der Waals surface area contributed by atoms with Crippen LogP contribution in [0.2, 0.25) is 0 Å². The van der Waals surface area contributed by atoms with Gasteiger partial charge in [-0.2, -0.15) is 0 Å². The zero-order valence-electron chi connectivity index (χ0n) is 21.1. The molecular weight excluding hydrogens is 468 g/mol. The van der Waals surface area contributed by atoms with Crippen LogP contribution in [0.1, 0.15) is 12.0 Å². The molecule has 0 aliphatic carbocycles. The summed E-state index contributed by atoms with van der Waals surface area (Å²) in [7, 11) is 7.10. The van der Waals surface area contributed by atoms with E-state index in [1.165, 1.54) is 7.11 Å². The van der Waals surface area contributed by atoms with E-state index in [1.807, 2.05) is 13.2 Å². The highest BCUT2D eigenvalue weighted by Crippen LogP contribution is 2.41. The third-order valence-electron chi connectivity index (χ3n) is 5.40. The molecule has 2 heterocycles. The van der Waals surface area contributed by atoms with E-state index in [0.29, 0.717) is 29.6 Å². The van der Waals surface area contributed by atoms with Crippen LogP contribution < -0.4 is 29.8 Å². The first-order valence-corrected chi connectivity index (χ1v) is 11.6. The standard InChI is InChI=1S/C24H34N6O6/c1-25-6-5-7-30(2)13-16-12-26-23-21(16)24(28-15-27-23)29-17-10-18(34-4)22(35-9-8-33-3)19(11-17)36-14-20(31)32/h10-12,15,25H,5-9,13-14H2,1-4H3,(H,31,32)(H2,26,27,28,29)/p+1. The summed E-state index contributed by atoms with van der Waals surface area (Å²) in [5, 5.41) is 16.5. The van der Waals surface area contributed by atoms with Crippen molar-refractivity contribution in [1.29, 1.82) is 0 Å². The van der Waals surface area contributed by atoms with Crippen LogP contribution >= 0.6 is 0 Å². The monoisotopic (exact) mass is 503 g/mol. The second-order valence-electron chi connectivity index (χ2n) is 8.16. The zero-order valence-corrected chi connectivity index (χ0v) is 21.1. The number of H-pyrrole nitrogens is 2. The molecule has 0 fully saturated rings. The molecule has 0 saturated heterocycles. The number of carboxylic acid groups (broad SMARTS) is 1. The maximum atomic E-state index is 11.1. The van der Waals surface area contributed by atoms with E-state index in [2.05, 4.69) is 37.5 Å². The Labute approximate surface area is 209 Å². The lowest BCUT2D eigenvalue weighted by atomic mass is 10.2. The summed E-state index contributed by atoms with van der Waals surface area (Å²) in [6.45, 7) is 2.71. The zero-order chi connectivity index (χ0) is 25.9. The number of ether oxygens (including phenoxy) is 4. The van der Waals surface area contributed by atoms with Crippen molar-refractivity contribution in [2.45, 2.75) is 13.0 Å². The van der Waals surface area contributed by atoms with Gasteiger partial charge in [0, 0.05) is 37.0 Å². The normalized spacial score (nSPS) is 11.1. The van der Waals surface area contributed by atoms with E-state index < -0.39 is 12.6 Å². The molecule has 1 aromatic carbocycles. The summed E-state index contributed by atoms with van der Waals surface area (Å²) in [4.78, 5) is 24.3. The Morgan fingerprint density at radius 2 is 2.03 bits per heavy atom. The number of carbonyl (C=O) groups is 1. The molecule has 12 nitrogen and oxygen atoms in total. The molecule has 0 radical (unpaired) electrons. The molecule has 3 aromatic rings. The van der Waals surface area contributed by atoms with E-state index >= 15 is 0 Å². The molecule has 0 saturated carbocycles. The SMILES string of the molecule is CNCCCN(C)Cc1c[nH]c2[nH+]cnc(Nc3cc(OC)c(OCCOC)c(OCC(=O)O)c3)c12. The first-order valence-electron chi connectivity index (χ1n) is 11.6. The van der Waals surface area contributed by atoms with Crippen molar-refractivity contribution >= 4 is 28.5 Å². The molecule has 196 valence electrons. The second kappa shape index (κ2) is 13.5. The number of fused-ring (bicyclic) bond motifs is 1. The van der Waals surface area contributed by atoms with E-state index in [1.54, 1.807) is 25.6 Å². The van der Waals surface area contributed by atoms with Gasteiger partial charge in [-0.1, -0.05) is 4.98 Å². The lowest BCUT2D eigenvalue weighted by molar-refractivity contribution is -0.352. The molecule has 2 aromatic heterocycles. The molecule has 0 aliphatic rings. The van der Waals surface area contributed by atoms with Gasteiger partial charge in [-0.05, 0) is 33.6 Å². The summed E-state index contributed by atoms with van der Waals surface area (Å²) in [6.07, 6.45) is 4.61. The fraction of sp³-hybridized carbons (Fsp3) is 0.458. The average Bonchev–Trinajstić information content (AvgIpc) is 3.27. The summed E-state index contributed by atoms with van der Waals surface area (Å²) < 4.78 is 21.8. The van der Waals surface area contributed by atoms with Gasteiger partial charge >= 0.3 is 5.97 Å². The van der Waals surface area contributed by atoms with Crippen LogP contribution in [-0.2, 0) is 16.1 Å². The molecule has 5 N–H and O–H groups in total. The van der Waals surface area contributed by atoms with Crippen molar-refractivity contribution in [1.82, 2.24) is 20.2 Å². The third-order valence-corrected chi connectivity index (χ3v) is 5.40. The first-order chi connectivity index (χ1) is 17.5. The Kier molecular flexibility index (Phi) is 10.1. The number of benzene rings is 1. The Hall–Kier alpha value is -3.61. The summed E-state index contributed by atoms with van der Waals surface area (Å²) in [5.41, 5.74) is 2.51. The number of hydrogen-bond donors (Lipinski definition) is 4. The van der Waals surface area contributed by atoms with Gasteiger partial charge < -0.3 is 39.6 Å². The highest BCUT2D eigenvalue weighted by Gasteiger charge is 2.20. The van der Waals surface area contributed by atoms with Crippen molar-refractivity contribution < 1.29 is 33.8 Å². The van der Waals surface area contributed by atoms with Crippen LogP contribution in [0, 0.1) is 0 Å². The summed E-state index contributed by atoms with van der Waals surface area (Å²) in [5.74, 6) is 0.434. The number of methoxy groups -OCH3 is 2. The summed E-state index contributed by atoms with van der Waals surface area (Å²) in [6, 6.07) is 3.41. The van der Waals surface area contributed by atoms with Gasteiger partial charge in [0.25, 0.3) is 0 Å². The van der Waals surface area contributed by atoms with E-state index in [9.17, 15) is 4.79 Å². The number of anilines is 2. The van der Waals surface area contributed by atoms with Crippen molar-refractivity contribution in [3.05, 3.63) is 30.2 Å². The van der Waals surface area contributed by atoms with Gasteiger partial charge in [0.1, 0.15) is 12.0 Å². The van der Waals surface area contributed by atoms with Crippen molar-refractivity contribution in [3.63, 3.8) is 0 Å². The molecular formula is C24H35N6O6+. The van der Waals surface area contributed by atoms with Crippen molar-refractivity contribution in [3.8, 4) is 17.2 Å². The van der Waals surface area contributed by atoms with Gasteiger partial charge in [-0.15, -0.1) is 0 Å². The molecule has 0 bridgehead atoms. The highest BCUT2D eigenvalue weighted by atomic mass is 16.6. The van der Waals surface area contributed by atoms with E-state index in [4.69, 9.17) is 24.1 Å². The number of carboxylic acids is 1. The minimum atomic E-state index is -1.10. The van der Waals surface area contributed by atoms with Crippen LogP contribution in [0.25, 0.3) is 11.0 Å². The number of nitrogens with zero attached hydrogens (tertiary/aromatic N) is 2. The molecule has 0 atom stereocenters.